The second-order valence-corrected chi connectivity index (χ2v) is 6.56. The molecule has 1 unspecified atom stereocenters. The zero-order valence-electron chi connectivity index (χ0n) is 12.0. The van der Waals surface area contributed by atoms with Gasteiger partial charge in [-0.15, -0.1) is 0 Å². The summed E-state index contributed by atoms with van der Waals surface area (Å²) in [6, 6.07) is 14.3. The van der Waals surface area contributed by atoms with Crippen LogP contribution in [0.25, 0.3) is 0 Å². The lowest BCUT2D eigenvalue weighted by Crippen LogP contribution is -2.22. The van der Waals surface area contributed by atoms with Crippen molar-refractivity contribution in [3.63, 3.8) is 0 Å². The van der Waals surface area contributed by atoms with Gasteiger partial charge >= 0.3 is 0 Å². The molecular formula is C15H19N3O2S. The van der Waals surface area contributed by atoms with Crippen LogP contribution >= 0.6 is 0 Å². The van der Waals surface area contributed by atoms with Gasteiger partial charge in [0.2, 0.25) is 10.0 Å². The Morgan fingerprint density at radius 2 is 1.71 bits per heavy atom. The third kappa shape index (κ3) is 3.53. The topological polar surface area (TPSA) is 89.4 Å². The van der Waals surface area contributed by atoms with Crippen LogP contribution in [0, 0.1) is 0 Å². The summed E-state index contributed by atoms with van der Waals surface area (Å²) in [5.74, 6) is 0. The smallest absolute Gasteiger partial charge is 0.238 e. The summed E-state index contributed by atoms with van der Waals surface area (Å²) in [5, 5.41) is 5.10. The maximum atomic E-state index is 11.3. The lowest BCUT2D eigenvalue weighted by Gasteiger charge is -2.27. The molecule has 2 rings (SSSR count). The van der Waals surface area contributed by atoms with E-state index in [0.717, 1.165) is 16.9 Å². The van der Waals surface area contributed by atoms with E-state index in [0.29, 0.717) is 0 Å². The Morgan fingerprint density at radius 3 is 2.24 bits per heavy atom. The van der Waals surface area contributed by atoms with Crippen LogP contribution in [0.5, 0.6) is 0 Å². The van der Waals surface area contributed by atoms with E-state index in [4.69, 9.17) is 10.9 Å². The average Bonchev–Trinajstić information content (AvgIpc) is 2.45. The summed E-state index contributed by atoms with van der Waals surface area (Å²) in [4.78, 5) is 2.15. The van der Waals surface area contributed by atoms with E-state index in [1.807, 2.05) is 36.2 Å². The number of nitrogen functional groups attached to an aromatic ring is 1. The molecule has 4 N–H and O–H groups in total. The van der Waals surface area contributed by atoms with Crippen molar-refractivity contribution in [2.45, 2.75) is 17.9 Å². The molecule has 0 bridgehead atoms. The highest BCUT2D eigenvalue weighted by Crippen LogP contribution is 2.26. The van der Waals surface area contributed by atoms with E-state index in [9.17, 15) is 8.42 Å². The first-order chi connectivity index (χ1) is 9.79. The van der Waals surface area contributed by atoms with Crippen LogP contribution in [-0.4, -0.2) is 15.5 Å². The van der Waals surface area contributed by atoms with E-state index in [1.54, 1.807) is 12.1 Å². The Bertz CT molecular complexity index is 727. The molecular weight excluding hydrogens is 286 g/mol. The first-order valence-corrected chi connectivity index (χ1v) is 8.05. The van der Waals surface area contributed by atoms with Gasteiger partial charge in [0.15, 0.2) is 0 Å². The fourth-order valence-electron chi connectivity index (χ4n) is 2.14. The Hall–Kier alpha value is -2.05. The number of sulfonamides is 1. The van der Waals surface area contributed by atoms with Gasteiger partial charge in [-0.2, -0.15) is 0 Å². The normalized spacial score (nSPS) is 12.9. The molecule has 0 heterocycles. The summed E-state index contributed by atoms with van der Waals surface area (Å²) >= 11 is 0. The maximum absolute atomic E-state index is 11.3. The molecule has 2 aromatic rings. The largest absolute Gasteiger partial charge is 0.399 e. The number of nitrogens with zero attached hydrogens (tertiary/aromatic N) is 1. The summed E-state index contributed by atoms with van der Waals surface area (Å²) in [5.41, 5.74) is 8.51. The minimum absolute atomic E-state index is 0.105. The number of benzene rings is 2. The molecule has 2 aromatic carbocycles. The van der Waals surface area contributed by atoms with Gasteiger partial charge in [-0.25, -0.2) is 13.6 Å². The van der Waals surface area contributed by atoms with Crippen LogP contribution in [0.3, 0.4) is 0 Å². The minimum atomic E-state index is -3.66. The van der Waals surface area contributed by atoms with Crippen LogP contribution in [0.2, 0.25) is 0 Å². The number of nitrogens with two attached hydrogens (primary N) is 2. The van der Waals surface area contributed by atoms with Crippen molar-refractivity contribution in [1.82, 2.24) is 0 Å². The van der Waals surface area contributed by atoms with Crippen molar-refractivity contribution in [3.05, 3.63) is 54.1 Å². The van der Waals surface area contributed by atoms with Gasteiger partial charge in [-0.05, 0) is 48.9 Å². The summed E-state index contributed by atoms with van der Waals surface area (Å²) < 4.78 is 22.5. The van der Waals surface area contributed by atoms with E-state index >= 15 is 0 Å². The highest BCUT2D eigenvalue weighted by atomic mass is 32.2. The van der Waals surface area contributed by atoms with Gasteiger partial charge in [0.05, 0.1) is 10.9 Å². The fraction of sp³-hybridized carbons (Fsp3) is 0.200. The molecule has 0 aliphatic carbocycles. The zero-order chi connectivity index (χ0) is 15.6. The molecule has 0 radical (unpaired) electrons. The van der Waals surface area contributed by atoms with Gasteiger partial charge in [-0.3, -0.25) is 0 Å². The van der Waals surface area contributed by atoms with Crippen LogP contribution in [-0.2, 0) is 10.0 Å². The third-order valence-corrected chi connectivity index (χ3v) is 4.48. The summed E-state index contributed by atoms with van der Waals surface area (Å²) in [6.45, 7) is 2.06. The first-order valence-electron chi connectivity index (χ1n) is 6.50. The Labute approximate surface area is 125 Å². The van der Waals surface area contributed by atoms with Crippen molar-refractivity contribution in [3.8, 4) is 0 Å². The SMILES string of the molecule is CC(c1cccc(N)c1)N(C)c1ccc(S(N)(=O)=O)cc1. The second kappa shape index (κ2) is 5.75. The van der Waals surface area contributed by atoms with Gasteiger partial charge in [-0.1, -0.05) is 12.1 Å². The minimum Gasteiger partial charge on any atom is -0.399 e. The quantitative estimate of drug-likeness (QED) is 0.847. The molecule has 0 aromatic heterocycles. The standard InChI is InChI=1S/C15H19N3O2S/c1-11(12-4-3-5-13(16)10-12)18(2)14-6-8-15(9-7-14)21(17,19)20/h3-11H,16H2,1-2H3,(H2,17,19,20). The molecule has 6 heteroatoms. The predicted molar refractivity (Wildman–Crippen MR) is 85.5 cm³/mol. The van der Waals surface area contributed by atoms with Gasteiger partial charge < -0.3 is 10.6 Å². The summed E-state index contributed by atoms with van der Waals surface area (Å²) in [6.07, 6.45) is 0. The molecule has 112 valence electrons. The Balaban J connectivity index is 2.25. The fourth-order valence-corrected chi connectivity index (χ4v) is 2.65. The van der Waals surface area contributed by atoms with E-state index in [2.05, 4.69) is 6.92 Å². The highest BCUT2D eigenvalue weighted by molar-refractivity contribution is 7.89. The van der Waals surface area contributed by atoms with Crippen molar-refractivity contribution in [1.29, 1.82) is 0 Å². The van der Waals surface area contributed by atoms with E-state index in [-0.39, 0.29) is 10.9 Å². The van der Waals surface area contributed by atoms with Crippen LogP contribution < -0.4 is 15.8 Å². The highest BCUT2D eigenvalue weighted by Gasteiger charge is 2.14. The van der Waals surface area contributed by atoms with Crippen LogP contribution in [0.4, 0.5) is 11.4 Å². The zero-order valence-corrected chi connectivity index (χ0v) is 12.8. The monoisotopic (exact) mass is 305 g/mol. The molecule has 0 saturated heterocycles. The molecule has 0 aliphatic heterocycles. The van der Waals surface area contributed by atoms with Crippen molar-refractivity contribution >= 4 is 21.4 Å². The Kier molecular flexibility index (Phi) is 4.20. The van der Waals surface area contributed by atoms with Gasteiger partial charge in [0.25, 0.3) is 0 Å². The summed E-state index contributed by atoms with van der Waals surface area (Å²) in [7, 11) is -1.71. The first kappa shape index (κ1) is 15.3. The number of anilines is 2. The maximum Gasteiger partial charge on any atom is 0.238 e. The van der Waals surface area contributed by atoms with Crippen molar-refractivity contribution in [2.75, 3.05) is 17.7 Å². The molecule has 0 aliphatic rings. The average molecular weight is 305 g/mol. The van der Waals surface area contributed by atoms with Crippen molar-refractivity contribution < 1.29 is 8.42 Å². The molecule has 0 fully saturated rings. The lowest BCUT2D eigenvalue weighted by atomic mass is 10.1. The molecule has 1 atom stereocenters. The Morgan fingerprint density at radius 1 is 1.10 bits per heavy atom. The number of hydrogen-bond acceptors (Lipinski definition) is 4. The molecule has 5 nitrogen and oxygen atoms in total. The molecule has 0 spiro atoms. The lowest BCUT2D eigenvalue weighted by molar-refractivity contribution is 0.598. The number of hydrogen-bond donors (Lipinski definition) is 2. The molecule has 0 saturated carbocycles. The van der Waals surface area contributed by atoms with Crippen molar-refractivity contribution in [2.24, 2.45) is 5.14 Å². The molecule has 21 heavy (non-hydrogen) atoms. The van der Waals surface area contributed by atoms with E-state index < -0.39 is 10.0 Å². The van der Waals surface area contributed by atoms with Gasteiger partial charge in [0, 0.05) is 18.4 Å². The second-order valence-electron chi connectivity index (χ2n) is 5.00. The molecule has 0 amide bonds. The van der Waals surface area contributed by atoms with E-state index in [1.165, 1.54) is 12.1 Å². The third-order valence-electron chi connectivity index (χ3n) is 3.55. The van der Waals surface area contributed by atoms with Crippen LogP contribution in [0.1, 0.15) is 18.5 Å². The number of rotatable bonds is 4. The number of primary sulfonamides is 1. The van der Waals surface area contributed by atoms with Gasteiger partial charge in [0.1, 0.15) is 0 Å². The predicted octanol–water partition coefficient (Wildman–Crippen LogP) is 2.11. The van der Waals surface area contributed by atoms with Crippen LogP contribution in [0.15, 0.2) is 53.4 Å².